The first-order chi connectivity index (χ1) is 13.2. The number of carbonyl (C=O) groups excluding carboxylic acids is 3. The van der Waals surface area contributed by atoms with E-state index < -0.39 is 0 Å². The molecule has 2 N–H and O–H groups in total. The van der Waals surface area contributed by atoms with Crippen molar-refractivity contribution in [3.8, 4) is 5.75 Å². The number of hydrogen-bond donors (Lipinski definition) is 2. The van der Waals surface area contributed by atoms with Crippen LogP contribution in [0.4, 0.5) is 17.1 Å². The van der Waals surface area contributed by atoms with Crippen LogP contribution in [-0.4, -0.2) is 30.4 Å². The highest BCUT2D eigenvalue weighted by Crippen LogP contribution is 2.20. The van der Waals surface area contributed by atoms with Crippen LogP contribution in [-0.2, 0) is 14.4 Å². The molecule has 0 radical (unpaired) electrons. The normalized spacial score (nSPS) is 10.3. The molecular formula is C21H25N3O4. The van der Waals surface area contributed by atoms with E-state index in [2.05, 4.69) is 10.6 Å². The first-order valence-electron chi connectivity index (χ1n) is 8.97. The summed E-state index contributed by atoms with van der Waals surface area (Å²) in [4.78, 5) is 36.8. The smallest absolute Gasteiger partial charge is 0.244 e. The Kier molecular flexibility index (Phi) is 7.14. The lowest BCUT2D eigenvalue weighted by Crippen LogP contribution is -2.36. The predicted octanol–water partition coefficient (Wildman–Crippen LogP) is 3.42. The summed E-state index contributed by atoms with van der Waals surface area (Å²) in [7, 11) is 0. The summed E-state index contributed by atoms with van der Waals surface area (Å²) in [6.07, 6.45) is 0.0709. The van der Waals surface area contributed by atoms with Gasteiger partial charge in [0.15, 0.2) is 0 Å². The Morgan fingerprint density at radius 2 is 1.43 bits per heavy atom. The van der Waals surface area contributed by atoms with Crippen molar-refractivity contribution in [2.75, 3.05) is 22.1 Å². The third-order valence-electron chi connectivity index (χ3n) is 3.69. The van der Waals surface area contributed by atoms with Crippen molar-refractivity contribution in [1.82, 2.24) is 0 Å². The molecule has 7 heteroatoms. The van der Waals surface area contributed by atoms with E-state index in [1.807, 2.05) is 13.8 Å². The van der Waals surface area contributed by atoms with Gasteiger partial charge in [-0.2, -0.15) is 0 Å². The van der Waals surface area contributed by atoms with E-state index in [4.69, 9.17) is 4.74 Å². The van der Waals surface area contributed by atoms with E-state index in [0.717, 1.165) is 5.75 Å². The molecule has 148 valence electrons. The van der Waals surface area contributed by atoms with Crippen molar-refractivity contribution in [3.63, 3.8) is 0 Å². The van der Waals surface area contributed by atoms with Gasteiger partial charge in [0.1, 0.15) is 12.3 Å². The molecule has 0 aromatic heterocycles. The van der Waals surface area contributed by atoms with Gasteiger partial charge in [0.05, 0.1) is 6.10 Å². The Morgan fingerprint density at radius 3 is 1.93 bits per heavy atom. The molecule has 0 spiro atoms. The van der Waals surface area contributed by atoms with E-state index in [0.29, 0.717) is 17.1 Å². The van der Waals surface area contributed by atoms with Crippen molar-refractivity contribution in [2.24, 2.45) is 0 Å². The third kappa shape index (κ3) is 6.42. The highest BCUT2D eigenvalue weighted by molar-refractivity contribution is 6.02. The fourth-order valence-electron chi connectivity index (χ4n) is 2.55. The summed E-state index contributed by atoms with van der Waals surface area (Å²) >= 11 is 0. The minimum atomic E-state index is -0.321. The molecule has 7 nitrogen and oxygen atoms in total. The maximum atomic E-state index is 12.4. The summed E-state index contributed by atoms with van der Waals surface area (Å²) in [6, 6.07) is 13.8. The summed E-state index contributed by atoms with van der Waals surface area (Å²) in [5.74, 6) is -0.0419. The van der Waals surface area contributed by atoms with E-state index in [-0.39, 0.29) is 30.4 Å². The number of rotatable bonds is 7. The van der Waals surface area contributed by atoms with Gasteiger partial charge in [0, 0.05) is 30.9 Å². The molecule has 2 aromatic rings. The van der Waals surface area contributed by atoms with Crippen molar-refractivity contribution < 1.29 is 19.1 Å². The fraction of sp³-hybridized carbons (Fsp3) is 0.286. The van der Waals surface area contributed by atoms with Crippen LogP contribution in [0.3, 0.4) is 0 Å². The van der Waals surface area contributed by atoms with Crippen molar-refractivity contribution in [3.05, 3.63) is 48.5 Å². The summed E-state index contributed by atoms with van der Waals surface area (Å²) in [5, 5.41) is 5.43. The van der Waals surface area contributed by atoms with Crippen LogP contribution < -0.4 is 20.3 Å². The molecule has 2 aromatic carbocycles. The van der Waals surface area contributed by atoms with Crippen molar-refractivity contribution in [2.45, 2.75) is 33.8 Å². The van der Waals surface area contributed by atoms with Gasteiger partial charge in [-0.3, -0.25) is 14.4 Å². The Balaban J connectivity index is 2.02. The Morgan fingerprint density at radius 1 is 0.893 bits per heavy atom. The Hall–Kier alpha value is -3.35. The van der Waals surface area contributed by atoms with Crippen LogP contribution in [0.2, 0.25) is 0 Å². The van der Waals surface area contributed by atoms with Crippen LogP contribution in [0.25, 0.3) is 0 Å². The zero-order valence-corrected chi connectivity index (χ0v) is 16.5. The van der Waals surface area contributed by atoms with Crippen LogP contribution in [0, 0.1) is 0 Å². The van der Waals surface area contributed by atoms with Gasteiger partial charge in [0.25, 0.3) is 0 Å². The molecule has 28 heavy (non-hydrogen) atoms. The van der Waals surface area contributed by atoms with Gasteiger partial charge in [-0.05, 0) is 62.4 Å². The van der Waals surface area contributed by atoms with Gasteiger partial charge >= 0.3 is 0 Å². The lowest BCUT2D eigenvalue weighted by atomic mass is 10.2. The molecule has 0 aliphatic rings. The quantitative estimate of drug-likeness (QED) is 0.767. The predicted molar refractivity (Wildman–Crippen MR) is 110 cm³/mol. The molecule has 0 unspecified atom stereocenters. The number of hydrogen-bond acceptors (Lipinski definition) is 4. The van der Waals surface area contributed by atoms with Crippen molar-refractivity contribution >= 4 is 34.8 Å². The fourth-order valence-corrected chi connectivity index (χ4v) is 2.55. The maximum Gasteiger partial charge on any atom is 0.244 e. The summed E-state index contributed by atoms with van der Waals surface area (Å²) in [5.41, 5.74) is 1.80. The van der Waals surface area contributed by atoms with Gasteiger partial charge in [-0.25, -0.2) is 0 Å². The monoisotopic (exact) mass is 383 g/mol. The number of amides is 3. The molecule has 0 aliphatic heterocycles. The third-order valence-corrected chi connectivity index (χ3v) is 3.69. The molecule has 0 fully saturated rings. The second-order valence-electron chi connectivity index (χ2n) is 6.57. The van der Waals surface area contributed by atoms with E-state index in [9.17, 15) is 14.4 Å². The zero-order valence-electron chi connectivity index (χ0n) is 16.5. The number of nitrogens with zero attached hydrogens (tertiary/aromatic N) is 1. The molecule has 0 heterocycles. The molecule has 0 saturated heterocycles. The van der Waals surface area contributed by atoms with Crippen LogP contribution in [0.1, 0.15) is 27.7 Å². The second-order valence-corrected chi connectivity index (χ2v) is 6.57. The lowest BCUT2D eigenvalue weighted by molar-refractivity contribution is -0.120. The van der Waals surface area contributed by atoms with Gasteiger partial charge in [-0.1, -0.05) is 0 Å². The number of nitrogens with one attached hydrogen (secondary N) is 2. The van der Waals surface area contributed by atoms with Gasteiger partial charge < -0.3 is 20.3 Å². The van der Waals surface area contributed by atoms with Gasteiger partial charge in [-0.15, -0.1) is 0 Å². The molecule has 0 atom stereocenters. The second kappa shape index (κ2) is 9.55. The molecule has 2 rings (SSSR count). The topological polar surface area (TPSA) is 87.7 Å². The number of anilines is 3. The van der Waals surface area contributed by atoms with Gasteiger partial charge in [0.2, 0.25) is 17.7 Å². The molecule has 0 bridgehead atoms. The molecular weight excluding hydrogens is 358 g/mol. The molecule has 0 aliphatic carbocycles. The number of carbonyl (C=O) groups is 3. The van der Waals surface area contributed by atoms with Crippen LogP contribution >= 0.6 is 0 Å². The minimum absolute atomic E-state index is 0.0709. The van der Waals surface area contributed by atoms with Crippen LogP contribution in [0.5, 0.6) is 5.75 Å². The maximum absolute atomic E-state index is 12.4. The van der Waals surface area contributed by atoms with Crippen molar-refractivity contribution in [1.29, 1.82) is 0 Å². The van der Waals surface area contributed by atoms with E-state index in [1.54, 1.807) is 48.5 Å². The largest absolute Gasteiger partial charge is 0.491 e. The zero-order chi connectivity index (χ0) is 20.7. The molecule has 0 saturated carbocycles. The SMILES string of the molecule is CC(=O)Nc1ccc(N(CC(=O)Nc2ccc(OC(C)C)cc2)C(C)=O)cc1. The average molecular weight is 383 g/mol. The Bertz CT molecular complexity index is 830. The highest BCUT2D eigenvalue weighted by Gasteiger charge is 2.16. The number of benzene rings is 2. The lowest BCUT2D eigenvalue weighted by Gasteiger charge is -2.21. The highest BCUT2D eigenvalue weighted by atomic mass is 16.5. The standard InChI is InChI=1S/C21H25N3O4/c1-14(2)28-20-11-7-18(8-12-20)23-21(27)13-24(16(4)26)19-9-5-17(6-10-19)22-15(3)25/h5-12,14H,13H2,1-4H3,(H,22,25)(H,23,27). The first kappa shape index (κ1) is 21.0. The minimum Gasteiger partial charge on any atom is -0.491 e. The van der Waals surface area contributed by atoms with E-state index >= 15 is 0 Å². The van der Waals surface area contributed by atoms with E-state index in [1.165, 1.54) is 18.7 Å². The molecule has 3 amide bonds. The number of ether oxygens (including phenoxy) is 1. The average Bonchev–Trinajstić information content (AvgIpc) is 2.61. The first-order valence-corrected chi connectivity index (χ1v) is 8.97. The summed E-state index contributed by atoms with van der Waals surface area (Å²) in [6.45, 7) is 6.57. The Labute approximate surface area is 164 Å². The summed E-state index contributed by atoms with van der Waals surface area (Å²) < 4.78 is 5.57. The van der Waals surface area contributed by atoms with Crippen LogP contribution in [0.15, 0.2) is 48.5 Å².